The van der Waals surface area contributed by atoms with Crippen LogP contribution in [0.15, 0.2) is 36.5 Å². The highest BCUT2D eigenvalue weighted by Gasteiger charge is 1.98. The third-order valence-corrected chi connectivity index (χ3v) is 3.19. The van der Waals surface area contributed by atoms with Crippen molar-refractivity contribution in [2.24, 2.45) is 0 Å². The van der Waals surface area contributed by atoms with Crippen LogP contribution in [0, 0.1) is 0 Å². The van der Waals surface area contributed by atoms with E-state index >= 15 is 0 Å². The van der Waals surface area contributed by atoms with E-state index < -0.39 is 0 Å². The summed E-state index contributed by atoms with van der Waals surface area (Å²) in [5, 5.41) is 0. The monoisotopic (exact) mass is 238 g/mol. The molecule has 0 aromatic rings. The van der Waals surface area contributed by atoms with Crippen LogP contribution in [0.4, 0.5) is 0 Å². The van der Waals surface area contributed by atoms with Gasteiger partial charge < -0.3 is 4.74 Å². The van der Waals surface area contributed by atoms with E-state index in [0.717, 1.165) is 17.9 Å². The van der Waals surface area contributed by atoms with Crippen LogP contribution in [-0.4, -0.2) is 24.1 Å². The first-order chi connectivity index (χ1) is 7.83. The van der Waals surface area contributed by atoms with Gasteiger partial charge in [0.15, 0.2) is 0 Å². The molecule has 0 spiro atoms. The Bertz CT molecular complexity index is 292. The van der Waals surface area contributed by atoms with Gasteiger partial charge in [0, 0.05) is 11.8 Å². The van der Waals surface area contributed by atoms with E-state index in [4.69, 9.17) is 4.74 Å². The maximum atomic E-state index is 10.7. The van der Waals surface area contributed by atoms with Gasteiger partial charge in [0.1, 0.15) is 6.61 Å². The van der Waals surface area contributed by atoms with E-state index in [1.807, 2.05) is 11.8 Å². The molecular formula is C13H18O2S. The Kier molecular flexibility index (Phi) is 6.74. The van der Waals surface area contributed by atoms with Gasteiger partial charge in [-0.3, -0.25) is 0 Å². The molecule has 0 aromatic carbocycles. The van der Waals surface area contributed by atoms with E-state index in [9.17, 15) is 4.79 Å². The fourth-order valence-corrected chi connectivity index (χ4v) is 2.19. The third kappa shape index (κ3) is 5.81. The second-order valence-electron chi connectivity index (χ2n) is 3.49. The van der Waals surface area contributed by atoms with Gasteiger partial charge >= 0.3 is 5.97 Å². The van der Waals surface area contributed by atoms with Crippen molar-refractivity contribution in [1.82, 2.24) is 0 Å². The SMILES string of the molecule is C=CC(=O)OCCSCCC1=CCCC=C1. The van der Waals surface area contributed by atoms with Gasteiger partial charge in [0.25, 0.3) is 0 Å². The maximum Gasteiger partial charge on any atom is 0.330 e. The van der Waals surface area contributed by atoms with Crippen molar-refractivity contribution in [3.05, 3.63) is 36.5 Å². The number of rotatable bonds is 7. The van der Waals surface area contributed by atoms with E-state index in [0.29, 0.717) is 6.61 Å². The molecule has 88 valence electrons. The normalized spacial score (nSPS) is 14.4. The predicted molar refractivity (Wildman–Crippen MR) is 69.6 cm³/mol. The lowest BCUT2D eigenvalue weighted by Crippen LogP contribution is -2.04. The molecule has 0 unspecified atom stereocenters. The Morgan fingerprint density at radius 2 is 2.38 bits per heavy atom. The number of carbonyl (C=O) groups excluding carboxylic acids is 1. The molecule has 3 heteroatoms. The smallest absolute Gasteiger partial charge is 0.330 e. The number of carbonyl (C=O) groups is 1. The lowest BCUT2D eigenvalue weighted by molar-refractivity contribution is -0.137. The van der Waals surface area contributed by atoms with Gasteiger partial charge in [-0.05, 0) is 25.0 Å². The zero-order valence-electron chi connectivity index (χ0n) is 9.48. The Hall–Kier alpha value is -0.960. The second-order valence-corrected chi connectivity index (χ2v) is 4.72. The van der Waals surface area contributed by atoms with Gasteiger partial charge in [-0.15, -0.1) is 0 Å². The highest BCUT2D eigenvalue weighted by atomic mass is 32.2. The standard InChI is InChI=1S/C13H18O2S/c1-2-13(14)15-9-11-16-10-8-12-6-4-3-5-7-12/h2,4,6-7H,1,3,5,8-11H2. The summed E-state index contributed by atoms with van der Waals surface area (Å²) in [6, 6.07) is 0. The first kappa shape index (κ1) is 13.1. The molecule has 0 amide bonds. The first-order valence-corrected chi connectivity index (χ1v) is 6.71. The number of ether oxygens (including phenoxy) is 1. The molecule has 0 aromatic heterocycles. The Morgan fingerprint density at radius 1 is 1.50 bits per heavy atom. The molecule has 2 nitrogen and oxygen atoms in total. The zero-order valence-corrected chi connectivity index (χ0v) is 10.3. The minimum absolute atomic E-state index is 0.335. The zero-order chi connectivity index (χ0) is 11.6. The fourth-order valence-electron chi connectivity index (χ4n) is 1.41. The average molecular weight is 238 g/mol. The molecule has 1 rings (SSSR count). The number of thioether (sulfide) groups is 1. The van der Waals surface area contributed by atoms with Crippen molar-refractivity contribution in [1.29, 1.82) is 0 Å². The predicted octanol–water partition coefficient (Wildman–Crippen LogP) is 3.12. The van der Waals surface area contributed by atoms with Crippen LogP contribution < -0.4 is 0 Å². The van der Waals surface area contributed by atoms with Crippen molar-refractivity contribution >= 4 is 17.7 Å². The molecule has 1 aliphatic carbocycles. The lowest BCUT2D eigenvalue weighted by Gasteiger charge is -2.06. The third-order valence-electron chi connectivity index (χ3n) is 2.25. The van der Waals surface area contributed by atoms with Gasteiger partial charge in [-0.25, -0.2) is 4.79 Å². The van der Waals surface area contributed by atoms with Crippen molar-refractivity contribution in [3.63, 3.8) is 0 Å². The van der Waals surface area contributed by atoms with Crippen LogP contribution in [0.1, 0.15) is 19.3 Å². The van der Waals surface area contributed by atoms with Crippen LogP contribution in [0.25, 0.3) is 0 Å². The lowest BCUT2D eigenvalue weighted by atomic mass is 10.1. The number of hydrogen-bond donors (Lipinski definition) is 0. The molecule has 1 aliphatic rings. The summed E-state index contributed by atoms with van der Waals surface area (Å²) in [7, 11) is 0. The summed E-state index contributed by atoms with van der Waals surface area (Å²) in [6.45, 7) is 3.82. The Labute approximate surface area is 101 Å². The molecular weight excluding hydrogens is 220 g/mol. The largest absolute Gasteiger partial charge is 0.462 e. The van der Waals surface area contributed by atoms with E-state index in [1.54, 1.807) is 0 Å². The van der Waals surface area contributed by atoms with Crippen LogP contribution >= 0.6 is 11.8 Å². The maximum absolute atomic E-state index is 10.7. The Morgan fingerprint density at radius 3 is 3.06 bits per heavy atom. The van der Waals surface area contributed by atoms with Crippen molar-refractivity contribution in [2.75, 3.05) is 18.1 Å². The highest BCUT2D eigenvalue weighted by Crippen LogP contribution is 2.15. The van der Waals surface area contributed by atoms with Crippen LogP contribution in [0.3, 0.4) is 0 Å². The summed E-state index contributed by atoms with van der Waals surface area (Å²) in [6.07, 6.45) is 11.4. The summed E-state index contributed by atoms with van der Waals surface area (Å²) in [4.78, 5) is 10.7. The topological polar surface area (TPSA) is 26.3 Å². The van der Waals surface area contributed by atoms with Crippen LogP contribution in [-0.2, 0) is 9.53 Å². The second kappa shape index (κ2) is 8.22. The summed E-state index contributed by atoms with van der Waals surface area (Å²) in [5.41, 5.74) is 1.43. The van der Waals surface area contributed by atoms with E-state index in [-0.39, 0.29) is 5.97 Å². The molecule has 0 fully saturated rings. The van der Waals surface area contributed by atoms with E-state index in [1.165, 1.54) is 24.5 Å². The Balaban J connectivity index is 1.95. The van der Waals surface area contributed by atoms with Crippen molar-refractivity contribution in [3.8, 4) is 0 Å². The molecule has 0 N–H and O–H groups in total. The average Bonchev–Trinajstić information content (AvgIpc) is 2.34. The molecule has 16 heavy (non-hydrogen) atoms. The van der Waals surface area contributed by atoms with Crippen LogP contribution in [0.2, 0.25) is 0 Å². The minimum atomic E-state index is -0.335. The highest BCUT2D eigenvalue weighted by molar-refractivity contribution is 7.99. The molecule has 0 aliphatic heterocycles. The molecule has 0 bridgehead atoms. The van der Waals surface area contributed by atoms with Gasteiger partial charge in [-0.2, -0.15) is 11.8 Å². The number of allylic oxidation sites excluding steroid dienone is 4. The molecule has 0 atom stereocenters. The first-order valence-electron chi connectivity index (χ1n) is 5.55. The number of hydrogen-bond acceptors (Lipinski definition) is 3. The molecule has 0 saturated carbocycles. The number of esters is 1. The minimum Gasteiger partial charge on any atom is -0.462 e. The van der Waals surface area contributed by atoms with Gasteiger partial charge in [0.2, 0.25) is 0 Å². The summed E-state index contributed by atoms with van der Waals surface area (Å²) >= 11 is 1.81. The summed E-state index contributed by atoms with van der Waals surface area (Å²) in [5.74, 6) is 1.61. The van der Waals surface area contributed by atoms with Crippen molar-refractivity contribution < 1.29 is 9.53 Å². The summed E-state index contributed by atoms with van der Waals surface area (Å²) < 4.78 is 4.88. The molecule has 0 radical (unpaired) electrons. The quantitative estimate of drug-likeness (QED) is 0.387. The van der Waals surface area contributed by atoms with Crippen molar-refractivity contribution in [2.45, 2.75) is 19.3 Å². The molecule has 0 heterocycles. The van der Waals surface area contributed by atoms with Gasteiger partial charge in [0.05, 0.1) is 0 Å². The fraction of sp³-hybridized carbons (Fsp3) is 0.462. The van der Waals surface area contributed by atoms with E-state index in [2.05, 4.69) is 24.8 Å². The van der Waals surface area contributed by atoms with Crippen LogP contribution in [0.5, 0.6) is 0 Å². The molecule has 0 saturated heterocycles. The van der Waals surface area contributed by atoms with Gasteiger partial charge in [-0.1, -0.05) is 30.4 Å².